The first-order valence-corrected chi connectivity index (χ1v) is 15.4. The molecule has 36 heavy (non-hydrogen) atoms. The molecular formula is C30H42N4OS. The van der Waals surface area contributed by atoms with Crippen molar-refractivity contribution in [2.75, 3.05) is 5.75 Å². The van der Waals surface area contributed by atoms with Crippen LogP contribution in [0.25, 0.3) is 17.0 Å². The quantitative estimate of drug-likeness (QED) is 0.199. The van der Waals surface area contributed by atoms with E-state index >= 15 is 0 Å². The minimum Gasteiger partial charge on any atom is -0.309 e. The third-order valence-corrected chi connectivity index (χ3v) is 9.40. The number of hydrogen-bond donors (Lipinski definition) is 0. The summed E-state index contributed by atoms with van der Waals surface area (Å²) in [5.41, 5.74) is 4.89. The molecule has 0 amide bonds. The summed E-state index contributed by atoms with van der Waals surface area (Å²) < 4.78 is 4.25. The van der Waals surface area contributed by atoms with Crippen LogP contribution in [-0.2, 0) is 18.4 Å². The Morgan fingerprint density at radius 2 is 1.67 bits per heavy atom. The molecule has 2 aromatic heterocycles. The van der Waals surface area contributed by atoms with Gasteiger partial charge in [-0.1, -0.05) is 108 Å². The van der Waals surface area contributed by atoms with Crippen molar-refractivity contribution in [3.63, 3.8) is 0 Å². The predicted molar refractivity (Wildman–Crippen MR) is 150 cm³/mol. The van der Waals surface area contributed by atoms with Crippen LogP contribution in [0.4, 0.5) is 0 Å². The molecule has 1 aromatic carbocycles. The smallest absolute Gasteiger partial charge is 0.265 e. The van der Waals surface area contributed by atoms with E-state index in [0.29, 0.717) is 0 Å². The van der Waals surface area contributed by atoms with Crippen LogP contribution >= 0.6 is 11.8 Å². The highest BCUT2D eigenvalue weighted by molar-refractivity contribution is 7.99. The Morgan fingerprint density at radius 1 is 0.917 bits per heavy atom. The molecular weight excluding hydrogens is 464 g/mol. The maximum atomic E-state index is 14.5. The molecule has 5 nitrogen and oxygen atoms in total. The summed E-state index contributed by atoms with van der Waals surface area (Å²) in [6, 6.07) is 8.79. The fourth-order valence-electron chi connectivity index (χ4n) is 6.53. The summed E-state index contributed by atoms with van der Waals surface area (Å²) in [7, 11) is 0. The highest BCUT2D eigenvalue weighted by Gasteiger charge is 2.44. The van der Waals surface area contributed by atoms with Gasteiger partial charge in [-0.05, 0) is 37.7 Å². The van der Waals surface area contributed by atoms with Crippen molar-refractivity contribution in [1.29, 1.82) is 0 Å². The van der Waals surface area contributed by atoms with Gasteiger partial charge in [0.2, 0.25) is 5.78 Å². The zero-order valence-corrected chi connectivity index (χ0v) is 23.0. The Bertz CT molecular complexity index is 1240. The largest absolute Gasteiger partial charge is 0.309 e. The van der Waals surface area contributed by atoms with Crippen molar-refractivity contribution >= 4 is 17.5 Å². The first-order chi connectivity index (χ1) is 17.7. The number of aromatic nitrogens is 4. The summed E-state index contributed by atoms with van der Waals surface area (Å²) in [5.74, 6) is 1.72. The van der Waals surface area contributed by atoms with E-state index in [-0.39, 0.29) is 11.0 Å². The molecule has 2 aliphatic carbocycles. The van der Waals surface area contributed by atoms with E-state index in [1.165, 1.54) is 68.9 Å². The minimum absolute atomic E-state index is 0.0638. The third-order valence-electron chi connectivity index (χ3n) is 8.39. The van der Waals surface area contributed by atoms with Crippen molar-refractivity contribution in [1.82, 2.24) is 19.2 Å². The van der Waals surface area contributed by atoms with Crippen molar-refractivity contribution in [3.05, 3.63) is 45.7 Å². The van der Waals surface area contributed by atoms with Gasteiger partial charge >= 0.3 is 0 Å². The van der Waals surface area contributed by atoms with Gasteiger partial charge in [-0.25, -0.2) is 4.40 Å². The molecule has 6 heteroatoms. The van der Waals surface area contributed by atoms with Gasteiger partial charge in [0.1, 0.15) is 0 Å². The van der Waals surface area contributed by atoms with Gasteiger partial charge in [-0.3, -0.25) is 4.79 Å². The fourth-order valence-corrected chi connectivity index (χ4v) is 7.45. The SMILES string of the molecule is CCCCCCSc1nnc2n(CCCCCC)c3c(c(=O)n12)C1(CCCCC1)Cc1ccccc1-3. The van der Waals surface area contributed by atoms with Gasteiger partial charge in [0, 0.05) is 28.8 Å². The van der Waals surface area contributed by atoms with Crippen molar-refractivity contribution in [2.45, 2.75) is 121 Å². The third kappa shape index (κ3) is 4.78. The number of nitrogens with zero attached hydrogens (tertiary/aromatic N) is 4. The molecule has 194 valence electrons. The first-order valence-electron chi connectivity index (χ1n) is 14.4. The molecule has 0 saturated heterocycles. The average Bonchev–Trinajstić information content (AvgIpc) is 3.32. The number of benzene rings is 1. The molecule has 0 radical (unpaired) electrons. The lowest BCUT2D eigenvalue weighted by Gasteiger charge is -2.43. The van der Waals surface area contributed by atoms with E-state index < -0.39 is 0 Å². The van der Waals surface area contributed by atoms with Gasteiger partial charge in [-0.2, -0.15) is 0 Å². The molecule has 0 N–H and O–H groups in total. The summed E-state index contributed by atoms with van der Waals surface area (Å²) in [6.45, 7) is 5.38. The second-order valence-corrected chi connectivity index (χ2v) is 12.0. The number of hydrogen-bond acceptors (Lipinski definition) is 4. The molecule has 0 aliphatic heterocycles. The molecule has 2 heterocycles. The number of fused-ring (bicyclic) bond motifs is 5. The summed E-state index contributed by atoms with van der Waals surface area (Å²) >= 11 is 1.71. The predicted octanol–water partition coefficient (Wildman–Crippen LogP) is 7.57. The monoisotopic (exact) mass is 506 g/mol. The van der Waals surface area contributed by atoms with Crippen LogP contribution in [0.15, 0.2) is 34.2 Å². The Morgan fingerprint density at radius 3 is 2.44 bits per heavy atom. The first kappa shape index (κ1) is 25.6. The van der Waals surface area contributed by atoms with E-state index in [9.17, 15) is 4.79 Å². The Kier molecular flexibility index (Phi) is 8.19. The summed E-state index contributed by atoms with van der Waals surface area (Å²) in [5, 5.41) is 10.0. The lowest BCUT2D eigenvalue weighted by Crippen LogP contribution is -2.43. The van der Waals surface area contributed by atoms with Crippen LogP contribution in [-0.4, -0.2) is 24.9 Å². The van der Waals surface area contributed by atoms with E-state index in [0.717, 1.165) is 66.6 Å². The van der Waals surface area contributed by atoms with Crippen molar-refractivity contribution in [2.24, 2.45) is 0 Å². The molecule has 0 bridgehead atoms. The lowest BCUT2D eigenvalue weighted by molar-refractivity contribution is 0.283. The average molecular weight is 507 g/mol. The number of aryl methyl sites for hydroxylation is 1. The normalized spacial score (nSPS) is 16.4. The van der Waals surface area contributed by atoms with E-state index in [2.05, 4.69) is 52.9 Å². The van der Waals surface area contributed by atoms with Gasteiger partial charge in [0.15, 0.2) is 5.16 Å². The second-order valence-electron chi connectivity index (χ2n) is 10.9. The van der Waals surface area contributed by atoms with Crippen molar-refractivity contribution < 1.29 is 0 Å². The zero-order chi connectivity index (χ0) is 25.0. The number of unbranched alkanes of at least 4 members (excludes halogenated alkanes) is 6. The Balaban J connectivity index is 1.67. The molecule has 0 unspecified atom stereocenters. The zero-order valence-electron chi connectivity index (χ0n) is 22.2. The minimum atomic E-state index is -0.0638. The van der Waals surface area contributed by atoms with E-state index in [4.69, 9.17) is 0 Å². The Hall–Kier alpha value is -2.08. The second kappa shape index (κ2) is 11.5. The molecule has 1 fully saturated rings. The maximum Gasteiger partial charge on any atom is 0.265 e. The van der Waals surface area contributed by atoms with Gasteiger partial charge < -0.3 is 4.57 Å². The van der Waals surface area contributed by atoms with Gasteiger partial charge in [0.05, 0.1) is 5.69 Å². The molecule has 1 spiro atoms. The van der Waals surface area contributed by atoms with Gasteiger partial charge in [-0.15, -0.1) is 10.2 Å². The van der Waals surface area contributed by atoms with Crippen LogP contribution in [0, 0.1) is 0 Å². The highest BCUT2D eigenvalue weighted by Crippen LogP contribution is 2.49. The number of thioether (sulfide) groups is 1. The van der Waals surface area contributed by atoms with Crippen LogP contribution in [0.1, 0.15) is 108 Å². The van der Waals surface area contributed by atoms with E-state index in [1.54, 1.807) is 11.8 Å². The van der Waals surface area contributed by atoms with Crippen LogP contribution in [0.2, 0.25) is 0 Å². The van der Waals surface area contributed by atoms with Crippen LogP contribution < -0.4 is 5.56 Å². The molecule has 1 saturated carbocycles. The fraction of sp³-hybridized carbons (Fsp3) is 0.633. The Labute approximate surface area is 220 Å². The summed E-state index contributed by atoms with van der Waals surface area (Å²) in [6.07, 6.45) is 16.5. The van der Waals surface area contributed by atoms with Crippen molar-refractivity contribution in [3.8, 4) is 11.3 Å². The standard InChI is InChI=1S/C30H42N4OS/c1-3-5-7-14-20-33-26-24-17-11-10-16-23(24)22-30(18-12-9-13-19-30)25(26)27(35)34-28(33)31-32-29(34)36-21-15-8-6-4-2/h10-11,16-17H,3-9,12-15,18-22H2,1-2H3. The number of rotatable bonds is 11. The van der Waals surface area contributed by atoms with E-state index in [1.807, 2.05) is 4.40 Å². The maximum absolute atomic E-state index is 14.5. The van der Waals surface area contributed by atoms with Crippen LogP contribution in [0.5, 0.6) is 0 Å². The highest BCUT2D eigenvalue weighted by atomic mass is 32.2. The molecule has 3 aromatic rings. The molecule has 0 atom stereocenters. The lowest BCUT2D eigenvalue weighted by atomic mass is 9.62. The summed E-state index contributed by atoms with van der Waals surface area (Å²) in [4.78, 5) is 14.5. The molecule has 2 aliphatic rings. The van der Waals surface area contributed by atoms with Gasteiger partial charge in [0.25, 0.3) is 5.56 Å². The van der Waals surface area contributed by atoms with Crippen LogP contribution in [0.3, 0.4) is 0 Å². The topological polar surface area (TPSA) is 52.2 Å². The molecule has 5 rings (SSSR count).